The molecule has 2 aliphatic heterocycles. The van der Waals surface area contributed by atoms with Crippen molar-refractivity contribution in [3.8, 4) is 0 Å². The van der Waals surface area contributed by atoms with E-state index < -0.39 is 23.8 Å². The van der Waals surface area contributed by atoms with Crippen molar-refractivity contribution in [2.24, 2.45) is 0 Å². The molecule has 2 unspecified atom stereocenters. The molecular formula is C14H15F2NO3. The fourth-order valence-electron chi connectivity index (χ4n) is 3.02. The first-order valence-electron chi connectivity index (χ1n) is 6.64. The zero-order chi connectivity index (χ0) is 14.3. The highest BCUT2D eigenvalue weighted by molar-refractivity contribution is 5.81. The van der Waals surface area contributed by atoms with Crippen molar-refractivity contribution in [2.45, 2.75) is 37.6 Å². The van der Waals surface area contributed by atoms with Crippen molar-refractivity contribution >= 4 is 5.91 Å². The molecule has 2 heterocycles. The number of morpholine rings is 1. The van der Waals surface area contributed by atoms with Gasteiger partial charge in [-0.05, 0) is 37.0 Å². The Morgan fingerprint density at radius 3 is 2.80 bits per heavy atom. The van der Waals surface area contributed by atoms with Crippen LogP contribution in [0.3, 0.4) is 0 Å². The molecule has 0 bridgehead atoms. The minimum Gasteiger partial charge on any atom is -0.361 e. The third kappa shape index (κ3) is 2.19. The van der Waals surface area contributed by atoms with Gasteiger partial charge >= 0.3 is 0 Å². The Hall–Kier alpha value is -1.53. The van der Waals surface area contributed by atoms with Gasteiger partial charge < -0.3 is 14.7 Å². The maximum atomic E-state index is 13.4. The number of piperidine rings is 1. The molecule has 2 saturated heterocycles. The van der Waals surface area contributed by atoms with E-state index in [0.717, 1.165) is 25.0 Å². The Morgan fingerprint density at radius 1 is 1.25 bits per heavy atom. The van der Waals surface area contributed by atoms with Crippen LogP contribution in [-0.2, 0) is 9.53 Å². The summed E-state index contributed by atoms with van der Waals surface area (Å²) in [5.41, 5.74) is 0.552. The van der Waals surface area contributed by atoms with Crippen molar-refractivity contribution in [1.82, 2.24) is 4.90 Å². The number of amides is 1. The molecule has 1 amide bonds. The number of nitrogens with zero attached hydrogens (tertiary/aromatic N) is 1. The lowest BCUT2D eigenvalue weighted by molar-refractivity contribution is -0.200. The summed E-state index contributed by atoms with van der Waals surface area (Å²) in [5, 5.41) is 9.53. The maximum Gasteiger partial charge on any atom is 0.280 e. The van der Waals surface area contributed by atoms with E-state index in [-0.39, 0.29) is 18.7 Å². The first-order chi connectivity index (χ1) is 9.58. The predicted octanol–water partition coefficient (Wildman–Crippen LogP) is 1.74. The van der Waals surface area contributed by atoms with Crippen molar-refractivity contribution < 1.29 is 23.4 Å². The van der Waals surface area contributed by atoms with E-state index >= 15 is 0 Å². The molecule has 20 heavy (non-hydrogen) atoms. The second kappa shape index (κ2) is 5.10. The van der Waals surface area contributed by atoms with Gasteiger partial charge in [-0.3, -0.25) is 4.79 Å². The number of aliphatic hydroxyl groups is 1. The minimum atomic E-state index is -1.46. The Morgan fingerprint density at radius 2 is 2.05 bits per heavy atom. The normalized spacial score (nSPS) is 30.2. The van der Waals surface area contributed by atoms with Gasteiger partial charge in [0.1, 0.15) is 0 Å². The lowest BCUT2D eigenvalue weighted by atomic mass is 9.90. The molecule has 2 aliphatic rings. The molecule has 0 aliphatic carbocycles. The van der Waals surface area contributed by atoms with E-state index in [1.54, 1.807) is 4.90 Å². The fourth-order valence-corrected chi connectivity index (χ4v) is 3.02. The zero-order valence-electron chi connectivity index (χ0n) is 10.8. The first kappa shape index (κ1) is 13.5. The van der Waals surface area contributed by atoms with Crippen molar-refractivity contribution in [3.05, 3.63) is 35.4 Å². The van der Waals surface area contributed by atoms with E-state index in [4.69, 9.17) is 4.74 Å². The second-order valence-electron chi connectivity index (χ2n) is 5.21. The number of carbonyl (C=O) groups excluding carboxylic acids is 1. The summed E-state index contributed by atoms with van der Waals surface area (Å²) < 4.78 is 31.4. The third-order valence-corrected chi connectivity index (χ3v) is 3.98. The summed E-state index contributed by atoms with van der Waals surface area (Å²) in [7, 11) is 0. The standard InChI is InChI=1S/C14H15F2NO3/c15-10-5-4-8(6-11(10)16)12-3-1-2-9-7-20-14(19)13(18)17(9)12/h4-6,9,12,14,19H,1-3,7H2/t9?,12-,14?/m0/s1. The number of hydrogen-bond acceptors (Lipinski definition) is 3. The molecule has 0 spiro atoms. The molecule has 6 heteroatoms. The molecule has 1 N–H and O–H groups in total. The molecule has 1 aromatic rings. The van der Waals surface area contributed by atoms with E-state index in [0.29, 0.717) is 12.0 Å². The number of rotatable bonds is 1. The number of aliphatic hydroxyl groups excluding tert-OH is 1. The molecule has 0 aromatic heterocycles. The van der Waals surface area contributed by atoms with Gasteiger partial charge in [-0.2, -0.15) is 0 Å². The molecule has 1 aromatic carbocycles. The van der Waals surface area contributed by atoms with Crippen LogP contribution >= 0.6 is 0 Å². The molecule has 0 radical (unpaired) electrons. The Balaban J connectivity index is 1.94. The number of halogens is 2. The summed E-state index contributed by atoms with van der Waals surface area (Å²) >= 11 is 0. The highest BCUT2D eigenvalue weighted by Crippen LogP contribution is 2.37. The number of carbonyl (C=O) groups is 1. The van der Waals surface area contributed by atoms with Crippen LogP contribution in [0.2, 0.25) is 0 Å². The minimum absolute atomic E-state index is 0.113. The predicted molar refractivity (Wildman–Crippen MR) is 65.5 cm³/mol. The van der Waals surface area contributed by atoms with Crippen molar-refractivity contribution in [1.29, 1.82) is 0 Å². The Labute approximate surface area is 114 Å². The molecule has 3 rings (SSSR count). The van der Waals surface area contributed by atoms with Gasteiger partial charge in [-0.25, -0.2) is 8.78 Å². The number of benzene rings is 1. The average molecular weight is 283 g/mol. The quantitative estimate of drug-likeness (QED) is 0.854. The van der Waals surface area contributed by atoms with Crippen LogP contribution in [-0.4, -0.2) is 34.9 Å². The van der Waals surface area contributed by atoms with Crippen LogP contribution in [0.5, 0.6) is 0 Å². The number of ether oxygens (including phenoxy) is 1. The van der Waals surface area contributed by atoms with Crippen LogP contribution in [0.15, 0.2) is 18.2 Å². The molecule has 4 nitrogen and oxygen atoms in total. The van der Waals surface area contributed by atoms with Gasteiger partial charge in [0.2, 0.25) is 6.29 Å². The Kier molecular flexibility index (Phi) is 3.43. The van der Waals surface area contributed by atoms with E-state index in [1.165, 1.54) is 6.07 Å². The van der Waals surface area contributed by atoms with Gasteiger partial charge in [0, 0.05) is 0 Å². The summed E-state index contributed by atoms with van der Waals surface area (Å²) in [6.07, 6.45) is 0.869. The van der Waals surface area contributed by atoms with Gasteiger partial charge in [0.15, 0.2) is 11.6 Å². The highest BCUT2D eigenvalue weighted by atomic mass is 19.2. The topological polar surface area (TPSA) is 49.8 Å². The highest BCUT2D eigenvalue weighted by Gasteiger charge is 2.42. The summed E-state index contributed by atoms with van der Waals surface area (Å²) in [4.78, 5) is 13.6. The van der Waals surface area contributed by atoms with Crippen LogP contribution in [0.1, 0.15) is 30.9 Å². The summed E-state index contributed by atoms with van der Waals surface area (Å²) in [5.74, 6) is -2.34. The van der Waals surface area contributed by atoms with Gasteiger partial charge in [-0.15, -0.1) is 0 Å². The Bertz CT molecular complexity index is 537. The van der Waals surface area contributed by atoms with E-state index in [2.05, 4.69) is 0 Å². The van der Waals surface area contributed by atoms with Gasteiger partial charge in [0.05, 0.1) is 18.7 Å². The van der Waals surface area contributed by atoms with Gasteiger partial charge in [-0.1, -0.05) is 6.07 Å². The summed E-state index contributed by atoms with van der Waals surface area (Å²) in [6, 6.07) is 3.22. The van der Waals surface area contributed by atoms with Gasteiger partial charge in [0.25, 0.3) is 5.91 Å². The lowest BCUT2D eigenvalue weighted by Gasteiger charge is -2.46. The molecular weight excluding hydrogens is 268 g/mol. The fraction of sp³-hybridized carbons (Fsp3) is 0.500. The molecule has 2 fully saturated rings. The SMILES string of the molecule is O=C1C(O)OCC2CCC[C@@H](c3ccc(F)c(F)c3)N12. The molecule has 3 atom stereocenters. The largest absolute Gasteiger partial charge is 0.361 e. The van der Waals surface area contributed by atoms with Crippen molar-refractivity contribution in [2.75, 3.05) is 6.61 Å². The van der Waals surface area contributed by atoms with Crippen LogP contribution in [0.25, 0.3) is 0 Å². The smallest absolute Gasteiger partial charge is 0.280 e. The first-order valence-corrected chi connectivity index (χ1v) is 6.64. The number of hydrogen-bond donors (Lipinski definition) is 1. The zero-order valence-corrected chi connectivity index (χ0v) is 10.8. The van der Waals surface area contributed by atoms with E-state index in [9.17, 15) is 18.7 Å². The number of fused-ring (bicyclic) bond motifs is 1. The van der Waals surface area contributed by atoms with Crippen LogP contribution in [0.4, 0.5) is 8.78 Å². The molecule has 0 saturated carbocycles. The third-order valence-electron chi connectivity index (χ3n) is 3.98. The second-order valence-corrected chi connectivity index (χ2v) is 5.21. The lowest BCUT2D eigenvalue weighted by Crippen LogP contribution is -2.56. The maximum absolute atomic E-state index is 13.4. The van der Waals surface area contributed by atoms with Crippen LogP contribution in [0, 0.1) is 11.6 Å². The monoisotopic (exact) mass is 283 g/mol. The van der Waals surface area contributed by atoms with Crippen molar-refractivity contribution in [3.63, 3.8) is 0 Å². The summed E-state index contributed by atoms with van der Waals surface area (Å²) in [6.45, 7) is 0.271. The van der Waals surface area contributed by atoms with E-state index in [1.807, 2.05) is 0 Å². The van der Waals surface area contributed by atoms with Crippen LogP contribution < -0.4 is 0 Å². The molecule has 108 valence electrons. The average Bonchev–Trinajstić information content (AvgIpc) is 2.45.